The van der Waals surface area contributed by atoms with E-state index in [2.05, 4.69) is 15.2 Å². The zero-order chi connectivity index (χ0) is 13.8. The van der Waals surface area contributed by atoms with Crippen molar-refractivity contribution in [3.8, 4) is 11.4 Å². The van der Waals surface area contributed by atoms with Gasteiger partial charge in [0.2, 0.25) is 0 Å². The molecule has 4 nitrogen and oxygen atoms in total. The van der Waals surface area contributed by atoms with E-state index in [-0.39, 0.29) is 5.41 Å². The van der Waals surface area contributed by atoms with E-state index in [9.17, 15) is 0 Å². The molecule has 0 radical (unpaired) electrons. The SMILES string of the molecule is NCC1(Cc2nc(-c3ccccc3)n[nH]2)CCCCC1. The van der Waals surface area contributed by atoms with Crippen LogP contribution in [0.15, 0.2) is 30.3 Å². The largest absolute Gasteiger partial charge is 0.330 e. The van der Waals surface area contributed by atoms with Crippen LogP contribution >= 0.6 is 0 Å². The zero-order valence-corrected chi connectivity index (χ0v) is 11.8. The van der Waals surface area contributed by atoms with Crippen molar-refractivity contribution < 1.29 is 0 Å². The zero-order valence-electron chi connectivity index (χ0n) is 11.8. The van der Waals surface area contributed by atoms with E-state index < -0.39 is 0 Å². The topological polar surface area (TPSA) is 67.6 Å². The molecule has 0 aliphatic heterocycles. The molecule has 20 heavy (non-hydrogen) atoms. The van der Waals surface area contributed by atoms with E-state index in [0.29, 0.717) is 0 Å². The Hall–Kier alpha value is -1.68. The second kappa shape index (κ2) is 5.75. The van der Waals surface area contributed by atoms with Crippen molar-refractivity contribution in [3.05, 3.63) is 36.2 Å². The normalized spacial score (nSPS) is 18.1. The molecule has 0 atom stereocenters. The molecule has 3 N–H and O–H groups in total. The molecule has 1 fully saturated rings. The quantitative estimate of drug-likeness (QED) is 0.897. The summed E-state index contributed by atoms with van der Waals surface area (Å²) in [5, 5.41) is 7.43. The molecule has 0 saturated heterocycles. The Bertz CT molecular complexity index is 541. The fourth-order valence-corrected chi connectivity index (χ4v) is 3.20. The van der Waals surface area contributed by atoms with Crippen LogP contribution in [0, 0.1) is 5.41 Å². The molecular weight excluding hydrogens is 248 g/mol. The van der Waals surface area contributed by atoms with Gasteiger partial charge in [0.1, 0.15) is 5.82 Å². The Morgan fingerprint density at radius 2 is 1.85 bits per heavy atom. The van der Waals surface area contributed by atoms with Crippen LogP contribution in [0.25, 0.3) is 11.4 Å². The van der Waals surface area contributed by atoms with E-state index in [1.54, 1.807) is 0 Å². The van der Waals surface area contributed by atoms with Crippen molar-refractivity contribution in [2.24, 2.45) is 11.1 Å². The average Bonchev–Trinajstić information content (AvgIpc) is 2.97. The number of aromatic nitrogens is 3. The van der Waals surface area contributed by atoms with Crippen molar-refractivity contribution >= 4 is 0 Å². The lowest BCUT2D eigenvalue weighted by Crippen LogP contribution is -2.35. The predicted octanol–water partition coefficient (Wildman–Crippen LogP) is 2.92. The molecule has 1 saturated carbocycles. The van der Waals surface area contributed by atoms with E-state index in [0.717, 1.165) is 30.2 Å². The number of nitrogens with zero attached hydrogens (tertiary/aromatic N) is 2. The lowest BCUT2D eigenvalue weighted by Gasteiger charge is -2.35. The molecule has 1 aromatic carbocycles. The summed E-state index contributed by atoms with van der Waals surface area (Å²) < 4.78 is 0. The first-order valence-corrected chi connectivity index (χ1v) is 7.48. The van der Waals surface area contributed by atoms with Gasteiger partial charge in [0, 0.05) is 12.0 Å². The molecule has 1 aliphatic rings. The van der Waals surface area contributed by atoms with E-state index in [4.69, 9.17) is 5.73 Å². The van der Waals surface area contributed by atoms with E-state index >= 15 is 0 Å². The van der Waals surface area contributed by atoms with Gasteiger partial charge in [0.25, 0.3) is 0 Å². The Morgan fingerprint density at radius 1 is 1.10 bits per heavy atom. The number of benzene rings is 1. The first-order valence-electron chi connectivity index (χ1n) is 7.48. The minimum atomic E-state index is 0.228. The van der Waals surface area contributed by atoms with Gasteiger partial charge in [-0.15, -0.1) is 0 Å². The summed E-state index contributed by atoms with van der Waals surface area (Å²) in [5.41, 5.74) is 7.33. The number of aromatic amines is 1. The van der Waals surface area contributed by atoms with Crippen molar-refractivity contribution in [3.63, 3.8) is 0 Å². The Morgan fingerprint density at radius 3 is 2.55 bits per heavy atom. The minimum Gasteiger partial charge on any atom is -0.330 e. The van der Waals surface area contributed by atoms with Gasteiger partial charge in [0.05, 0.1) is 0 Å². The first kappa shape index (κ1) is 13.3. The Labute approximate surface area is 119 Å². The average molecular weight is 270 g/mol. The number of hydrogen-bond donors (Lipinski definition) is 2. The van der Waals surface area contributed by atoms with Gasteiger partial charge in [0.15, 0.2) is 5.82 Å². The summed E-state index contributed by atoms with van der Waals surface area (Å²) in [5.74, 6) is 1.75. The molecule has 2 aromatic rings. The maximum absolute atomic E-state index is 6.04. The fraction of sp³-hybridized carbons (Fsp3) is 0.500. The predicted molar refractivity (Wildman–Crippen MR) is 80.1 cm³/mol. The highest BCUT2D eigenvalue weighted by Gasteiger charge is 2.32. The van der Waals surface area contributed by atoms with Crippen molar-refractivity contribution in [2.45, 2.75) is 38.5 Å². The highest BCUT2D eigenvalue weighted by atomic mass is 15.2. The van der Waals surface area contributed by atoms with Crippen LogP contribution in [-0.4, -0.2) is 21.7 Å². The lowest BCUT2D eigenvalue weighted by atomic mass is 9.72. The maximum atomic E-state index is 6.04. The van der Waals surface area contributed by atoms with Gasteiger partial charge in [-0.25, -0.2) is 4.98 Å². The van der Waals surface area contributed by atoms with Gasteiger partial charge >= 0.3 is 0 Å². The molecule has 1 aromatic heterocycles. The molecule has 3 rings (SSSR count). The molecule has 4 heteroatoms. The van der Waals surface area contributed by atoms with Crippen LogP contribution in [0.4, 0.5) is 0 Å². The smallest absolute Gasteiger partial charge is 0.181 e. The maximum Gasteiger partial charge on any atom is 0.181 e. The Balaban J connectivity index is 1.77. The van der Waals surface area contributed by atoms with E-state index in [1.807, 2.05) is 30.3 Å². The summed E-state index contributed by atoms with van der Waals surface area (Å²) in [6.07, 6.45) is 7.26. The third kappa shape index (κ3) is 2.75. The lowest BCUT2D eigenvalue weighted by molar-refractivity contribution is 0.194. The summed E-state index contributed by atoms with van der Waals surface area (Å²) in [7, 11) is 0. The second-order valence-electron chi connectivity index (χ2n) is 5.91. The summed E-state index contributed by atoms with van der Waals surface area (Å²) in [6, 6.07) is 10.1. The van der Waals surface area contributed by atoms with Crippen LogP contribution in [0.3, 0.4) is 0 Å². The number of rotatable bonds is 4. The Kier molecular flexibility index (Phi) is 3.83. The van der Waals surface area contributed by atoms with Crippen LogP contribution in [0.5, 0.6) is 0 Å². The molecule has 0 bridgehead atoms. The highest BCUT2D eigenvalue weighted by Crippen LogP contribution is 2.37. The summed E-state index contributed by atoms with van der Waals surface area (Å²) in [6.45, 7) is 0.744. The van der Waals surface area contributed by atoms with Crippen molar-refractivity contribution in [2.75, 3.05) is 6.54 Å². The third-order valence-electron chi connectivity index (χ3n) is 4.45. The van der Waals surface area contributed by atoms with Gasteiger partial charge in [-0.3, -0.25) is 5.10 Å². The van der Waals surface area contributed by atoms with E-state index in [1.165, 1.54) is 32.1 Å². The fourth-order valence-electron chi connectivity index (χ4n) is 3.20. The monoisotopic (exact) mass is 270 g/mol. The minimum absolute atomic E-state index is 0.228. The van der Waals surface area contributed by atoms with Gasteiger partial charge in [-0.2, -0.15) is 5.10 Å². The number of hydrogen-bond acceptors (Lipinski definition) is 3. The first-order chi connectivity index (χ1) is 9.81. The van der Waals surface area contributed by atoms with Crippen molar-refractivity contribution in [1.82, 2.24) is 15.2 Å². The molecule has 0 spiro atoms. The number of H-pyrrole nitrogens is 1. The molecule has 1 aliphatic carbocycles. The van der Waals surface area contributed by atoms with Gasteiger partial charge in [-0.1, -0.05) is 49.6 Å². The van der Waals surface area contributed by atoms with Crippen LogP contribution in [0.2, 0.25) is 0 Å². The third-order valence-corrected chi connectivity index (χ3v) is 4.45. The van der Waals surface area contributed by atoms with Crippen LogP contribution in [0.1, 0.15) is 37.9 Å². The number of nitrogens with two attached hydrogens (primary N) is 1. The van der Waals surface area contributed by atoms with Gasteiger partial charge in [-0.05, 0) is 24.8 Å². The van der Waals surface area contributed by atoms with Gasteiger partial charge < -0.3 is 5.73 Å². The molecular formula is C16H22N4. The van der Waals surface area contributed by atoms with Crippen LogP contribution < -0.4 is 5.73 Å². The highest BCUT2D eigenvalue weighted by molar-refractivity contribution is 5.53. The van der Waals surface area contributed by atoms with Crippen molar-refractivity contribution in [1.29, 1.82) is 0 Å². The molecule has 0 unspecified atom stereocenters. The summed E-state index contributed by atoms with van der Waals surface area (Å²) in [4.78, 5) is 4.65. The molecule has 106 valence electrons. The standard InChI is InChI=1S/C16H22N4/c17-12-16(9-5-2-6-10-16)11-14-18-15(20-19-14)13-7-3-1-4-8-13/h1,3-4,7-8H,2,5-6,9-12,17H2,(H,18,19,20). The second-order valence-corrected chi connectivity index (χ2v) is 5.91. The summed E-state index contributed by atoms with van der Waals surface area (Å²) >= 11 is 0. The number of nitrogens with one attached hydrogen (secondary N) is 1. The van der Waals surface area contributed by atoms with Crippen LogP contribution in [-0.2, 0) is 6.42 Å². The molecule has 0 amide bonds. The molecule has 1 heterocycles.